The van der Waals surface area contributed by atoms with E-state index in [1.54, 1.807) is 18.5 Å². The van der Waals surface area contributed by atoms with Gasteiger partial charge in [-0.2, -0.15) is 0 Å². The number of anilines is 1. The first-order valence-corrected chi connectivity index (χ1v) is 8.95. The lowest BCUT2D eigenvalue weighted by Gasteiger charge is -2.18. The summed E-state index contributed by atoms with van der Waals surface area (Å²) in [5.41, 5.74) is 0.713. The second-order valence-electron chi connectivity index (χ2n) is 6.98. The van der Waals surface area contributed by atoms with Gasteiger partial charge in [-0.25, -0.2) is 9.97 Å². The number of fused-ring (bicyclic) bond motifs is 1. The van der Waals surface area contributed by atoms with Crippen molar-refractivity contribution >= 4 is 11.9 Å². The van der Waals surface area contributed by atoms with Crippen LogP contribution in [0.4, 0.5) is 5.95 Å². The van der Waals surface area contributed by atoms with Crippen LogP contribution < -0.4 is 10.6 Å². The maximum atomic E-state index is 12.0. The second-order valence-corrected chi connectivity index (χ2v) is 6.98. The van der Waals surface area contributed by atoms with Crippen LogP contribution in [0.15, 0.2) is 35.1 Å². The van der Waals surface area contributed by atoms with E-state index in [0.29, 0.717) is 30.6 Å². The van der Waals surface area contributed by atoms with Gasteiger partial charge >= 0.3 is 0 Å². The van der Waals surface area contributed by atoms with E-state index < -0.39 is 0 Å². The average Bonchev–Trinajstić information content (AvgIpc) is 3.06. The first-order chi connectivity index (χ1) is 12.8. The molecular weight excluding hydrogens is 336 g/mol. The lowest BCUT2D eigenvalue weighted by Crippen LogP contribution is -2.45. The van der Waals surface area contributed by atoms with E-state index in [0.717, 1.165) is 12.8 Å². The number of furan rings is 1. The van der Waals surface area contributed by atoms with Crippen LogP contribution in [0, 0.1) is 5.92 Å². The summed E-state index contributed by atoms with van der Waals surface area (Å²) in [5, 5.41) is 6.36. The molecule has 2 saturated heterocycles. The van der Waals surface area contributed by atoms with Gasteiger partial charge in [0.15, 0.2) is 5.76 Å². The third kappa shape index (κ3) is 2.95. The topological polar surface area (TPSA) is 98.5 Å². The van der Waals surface area contributed by atoms with Crippen LogP contribution in [0.25, 0.3) is 11.5 Å². The third-order valence-electron chi connectivity index (χ3n) is 5.07. The average molecular weight is 356 g/mol. The van der Waals surface area contributed by atoms with Crippen molar-refractivity contribution in [3.63, 3.8) is 0 Å². The highest BCUT2D eigenvalue weighted by molar-refractivity contribution is 5.81. The zero-order valence-electron chi connectivity index (χ0n) is 14.1. The number of carbonyl (C=O) groups excluding carboxylic acids is 1. The zero-order chi connectivity index (χ0) is 17.5. The van der Waals surface area contributed by atoms with Crippen molar-refractivity contribution in [2.75, 3.05) is 18.5 Å². The van der Waals surface area contributed by atoms with Gasteiger partial charge in [-0.15, -0.1) is 0 Å². The minimum atomic E-state index is -0.136. The van der Waals surface area contributed by atoms with Crippen molar-refractivity contribution in [1.29, 1.82) is 0 Å². The van der Waals surface area contributed by atoms with Gasteiger partial charge in [0.2, 0.25) is 11.9 Å². The summed E-state index contributed by atoms with van der Waals surface area (Å²) >= 11 is 0. The Bertz CT molecular complexity index is 792. The molecule has 2 aromatic heterocycles. The van der Waals surface area contributed by atoms with Crippen LogP contribution in [0.5, 0.6) is 0 Å². The quantitative estimate of drug-likeness (QED) is 0.831. The van der Waals surface area contributed by atoms with Gasteiger partial charge in [-0.05, 0) is 31.0 Å². The molecule has 1 amide bonds. The molecule has 2 N–H and O–H groups in total. The highest BCUT2D eigenvalue weighted by Crippen LogP contribution is 2.32. The van der Waals surface area contributed by atoms with Crippen molar-refractivity contribution < 1.29 is 18.7 Å². The largest absolute Gasteiger partial charge is 0.463 e. The van der Waals surface area contributed by atoms with Gasteiger partial charge in [0.1, 0.15) is 17.9 Å². The van der Waals surface area contributed by atoms with Gasteiger partial charge < -0.3 is 24.5 Å². The van der Waals surface area contributed by atoms with Crippen molar-refractivity contribution in [3.8, 4) is 11.5 Å². The molecule has 2 aliphatic heterocycles. The molecule has 8 heteroatoms. The molecule has 0 radical (unpaired) electrons. The van der Waals surface area contributed by atoms with Gasteiger partial charge in [0.05, 0.1) is 31.6 Å². The van der Waals surface area contributed by atoms with Crippen LogP contribution in [0.2, 0.25) is 0 Å². The number of ether oxygens (including phenoxy) is 2. The third-order valence-corrected chi connectivity index (χ3v) is 5.07. The van der Waals surface area contributed by atoms with Crippen LogP contribution in [-0.2, 0) is 14.3 Å². The fraction of sp³-hybridized carbons (Fsp3) is 0.500. The minimum absolute atomic E-state index is 0.0605. The normalized spacial score (nSPS) is 30.2. The molecule has 1 aliphatic carbocycles. The monoisotopic (exact) mass is 356 g/mol. The first kappa shape index (κ1) is 15.8. The van der Waals surface area contributed by atoms with E-state index in [-0.39, 0.29) is 36.1 Å². The zero-order valence-corrected chi connectivity index (χ0v) is 14.1. The van der Waals surface area contributed by atoms with Crippen molar-refractivity contribution in [2.24, 2.45) is 5.92 Å². The summed E-state index contributed by atoms with van der Waals surface area (Å²) in [6.07, 6.45) is 5.01. The van der Waals surface area contributed by atoms with Crippen molar-refractivity contribution in [1.82, 2.24) is 15.3 Å². The fourth-order valence-electron chi connectivity index (χ4n) is 3.55. The number of hydrogen-bond donors (Lipinski definition) is 2. The maximum Gasteiger partial charge on any atom is 0.223 e. The molecule has 136 valence electrons. The number of nitrogens with one attached hydrogen (secondary N) is 2. The van der Waals surface area contributed by atoms with Gasteiger partial charge in [0, 0.05) is 12.1 Å². The molecule has 0 unspecified atom stereocenters. The number of rotatable bonds is 5. The van der Waals surface area contributed by atoms with Gasteiger partial charge in [-0.1, -0.05) is 0 Å². The lowest BCUT2D eigenvalue weighted by molar-refractivity contribution is -0.123. The van der Waals surface area contributed by atoms with Crippen molar-refractivity contribution in [2.45, 2.75) is 37.1 Å². The molecule has 2 aromatic rings. The molecule has 3 aliphatic rings. The minimum Gasteiger partial charge on any atom is -0.463 e. The number of nitrogens with zero attached hydrogens (tertiary/aromatic N) is 2. The fourth-order valence-corrected chi connectivity index (χ4v) is 3.55. The van der Waals surface area contributed by atoms with Crippen LogP contribution in [-0.4, -0.2) is 53.4 Å². The predicted molar refractivity (Wildman–Crippen MR) is 91.3 cm³/mol. The Morgan fingerprint density at radius 2 is 1.92 bits per heavy atom. The Morgan fingerprint density at radius 1 is 1.12 bits per heavy atom. The summed E-state index contributed by atoms with van der Waals surface area (Å²) in [5.74, 6) is 1.49. The molecule has 8 nitrogen and oxygen atoms in total. The van der Waals surface area contributed by atoms with E-state index in [4.69, 9.17) is 13.9 Å². The molecule has 4 heterocycles. The molecular formula is C18H20N4O4. The summed E-state index contributed by atoms with van der Waals surface area (Å²) in [4.78, 5) is 20.8. The Labute approximate surface area is 150 Å². The standard InChI is InChI=1S/C18H20N4O4/c23-17(10-3-4-10)20-12-8-25-16-13(9-26-15(12)16)22-18-19-6-5-11(21-18)14-2-1-7-24-14/h1-2,5-7,10,12-13,15-16H,3-4,8-9H2,(H,20,23)(H,19,21,22)/t12-,13+,15-,16+/m0/s1. The molecule has 0 bridgehead atoms. The SMILES string of the molecule is O=C(N[C@H]1CO[C@H]2[C@H]1OC[C@H]2Nc1nccc(-c2ccco2)n1)C1CC1. The summed E-state index contributed by atoms with van der Waals surface area (Å²) in [7, 11) is 0. The van der Waals surface area contributed by atoms with E-state index >= 15 is 0 Å². The van der Waals surface area contributed by atoms with E-state index in [1.807, 2.05) is 12.1 Å². The lowest BCUT2D eigenvalue weighted by atomic mass is 10.1. The molecule has 3 fully saturated rings. The highest BCUT2D eigenvalue weighted by atomic mass is 16.6. The molecule has 5 rings (SSSR count). The number of amides is 1. The van der Waals surface area contributed by atoms with Crippen LogP contribution >= 0.6 is 0 Å². The van der Waals surface area contributed by atoms with Crippen molar-refractivity contribution in [3.05, 3.63) is 30.7 Å². The number of carbonyl (C=O) groups is 1. The molecule has 4 atom stereocenters. The molecule has 0 aromatic carbocycles. The number of hydrogen-bond acceptors (Lipinski definition) is 7. The Kier molecular flexibility index (Phi) is 3.86. The highest BCUT2D eigenvalue weighted by Gasteiger charge is 2.49. The predicted octanol–water partition coefficient (Wildman–Crippen LogP) is 1.21. The smallest absolute Gasteiger partial charge is 0.223 e. The summed E-state index contributed by atoms with van der Waals surface area (Å²) in [6.45, 7) is 0.957. The van der Waals surface area contributed by atoms with E-state index in [2.05, 4.69) is 20.6 Å². The number of aromatic nitrogens is 2. The van der Waals surface area contributed by atoms with E-state index in [9.17, 15) is 4.79 Å². The first-order valence-electron chi connectivity index (χ1n) is 8.95. The summed E-state index contributed by atoms with van der Waals surface area (Å²) in [6, 6.07) is 5.33. The Morgan fingerprint density at radius 3 is 2.69 bits per heavy atom. The Balaban J connectivity index is 1.25. The molecule has 26 heavy (non-hydrogen) atoms. The second kappa shape index (κ2) is 6.37. The van der Waals surface area contributed by atoms with Gasteiger partial charge in [0.25, 0.3) is 0 Å². The van der Waals surface area contributed by atoms with E-state index in [1.165, 1.54) is 0 Å². The molecule has 1 saturated carbocycles. The maximum absolute atomic E-state index is 12.0. The Hall–Kier alpha value is -2.45. The van der Waals surface area contributed by atoms with Crippen LogP contribution in [0.1, 0.15) is 12.8 Å². The van der Waals surface area contributed by atoms with Crippen LogP contribution in [0.3, 0.4) is 0 Å². The summed E-state index contributed by atoms with van der Waals surface area (Å²) < 4.78 is 17.2. The molecule has 0 spiro atoms. The van der Waals surface area contributed by atoms with Gasteiger partial charge in [-0.3, -0.25) is 4.79 Å².